The van der Waals surface area contributed by atoms with Gasteiger partial charge in [-0.1, -0.05) is 19.6 Å². The van der Waals surface area contributed by atoms with E-state index in [1.54, 1.807) is 47.7 Å². The molecule has 0 fully saturated rings. The molecule has 0 amide bonds. The van der Waals surface area contributed by atoms with Crippen molar-refractivity contribution in [3.8, 4) is 17.4 Å². The zero-order chi connectivity index (χ0) is 45.5. The second kappa shape index (κ2) is 20.8. The van der Waals surface area contributed by atoms with E-state index in [1.807, 2.05) is 20.0 Å². The average Bonchev–Trinajstić information content (AvgIpc) is 3.93. The van der Waals surface area contributed by atoms with Gasteiger partial charge in [-0.3, -0.25) is 19.7 Å². The summed E-state index contributed by atoms with van der Waals surface area (Å²) in [6, 6.07) is 10.8. The van der Waals surface area contributed by atoms with Gasteiger partial charge >= 0.3 is 12.4 Å². The van der Waals surface area contributed by atoms with Crippen molar-refractivity contribution >= 4 is 27.6 Å². The number of alkyl halides is 6. The van der Waals surface area contributed by atoms with Crippen molar-refractivity contribution in [2.45, 2.75) is 45.7 Å². The second-order valence-corrected chi connectivity index (χ2v) is 14.2. The number of aromatic nitrogens is 6. The number of halogens is 9. The lowest BCUT2D eigenvalue weighted by molar-refractivity contribution is -0.140. The molecular formula is C41H39BrF8N10O4. The molecule has 23 heteroatoms. The van der Waals surface area contributed by atoms with Crippen molar-refractivity contribution < 1.29 is 54.3 Å². The lowest BCUT2D eigenvalue weighted by Crippen LogP contribution is -2.33. The largest absolute Gasteiger partial charge is 0.480 e. The van der Waals surface area contributed by atoms with Crippen LogP contribution in [0, 0.1) is 25.5 Å². The van der Waals surface area contributed by atoms with Crippen LogP contribution in [0.15, 0.2) is 100 Å². The fourth-order valence-electron chi connectivity index (χ4n) is 5.82. The third-order valence-corrected chi connectivity index (χ3v) is 9.51. The van der Waals surface area contributed by atoms with Gasteiger partial charge in [0.2, 0.25) is 11.8 Å². The maximum absolute atomic E-state index is 14.0. The van der Waals surface area contributed by atoms with Crippen LogP contribution in [-0.2, 0) is 22.0 Å². The molecule has 6 heterocycles. The Morgan fingerprint density at radius 3 is 1.66 bits per heavy atom. The third-order valence-electron chi connectivity index (χ3n) is 8.91. The molecule has 4 aromatic heterocycles. The summed E-state index contributed by atoms with van der Waals surface area (Å²) in [4.78, 5) is 38.8. The number of hydrogen-bond acceptors (Lipinski definition) is 12. The number of hydrogen-bond donors (Lipinski definition) is 3. The second-order valence-electron chi connectivity index (χ2n) is 13.4. The summed E-state index contributed by atoms with van der Waals surface area (Å²) in [6.45, 7) is 3.86. The predicted molar refractivity (Wildman–Crippen MR) is 221 cm³/mol. The van der Waals surface area contributed by atoms with Crippen LogP contribution in [-0.4, -0.2) is 68.6 Å². The highest BCUT2D eigenvalue weighted by Crippen LogP contribution is 2.35. The molecule has 0 saturated carbocycles. The summed E-state index contributed by atoms with van der Waals surface area (Å²) < 4.78 is 117. The standard InChI is InChI=1S/C20H17F4N5O2.C16H12BrF4N3O2.C4H6N2.CH4/c1-11-8-29(10-25-11)17-6-5-15(27-19(17)30-2)18-26-16(9-31-28-18)12-3-4-13(14(21)7-12)20(22,23)24;1-25-15-10(17)4-5-12(23-15)14-22-13(7-26-24-14)8-2-3-9(11(18)6-8)16(19,20)21;1-4-2-5-3-6-4;/h3-8,10,16H,9H2,1-2H3,(H,26,28);2-6,13H,7H2,1H3,(H,22,24);2-3H,1H3,(H,5,6);1H4. The normalized spacial score (nSPS) is 16.0. The van der Waals surface area contributed by atoms with E-state index >= 15 is 0 Å². The van der Waals surface area contributed by atoms with Crippen LogP contribution in [0.3, 0.4) is 0 Å². The number of aryl methyl sites for hydroxylation is 2. The molecule has 3 N–H and O–H groups in total. The van der Waals surface area contributed by atoms with Crippen LogP contribution in [0.4, 0.5) is 35.1 Å². The molecule has 0 saturated heterocycles. The van der Waals surface area contributed by atoms with Crippen LogP contribution in [0.2, 0.25) is 0 Å². The molecule has 2 aliphatic rings. The Bertz CT molecular complexity index is 2590. The number of aromatic amines is 1. The molecule has 2 unspecified atom stereocenters. The first kappa shape index (κ1) is 48.6. The number of ether oxygens (including phenoxy) is 2. The monoisotopic (exact) mass is 966 g/mol. The summed E-state index contributed by atoms with van der Waals surface area (Å²) in [7, 11) is 2.93. The van der Waals surface area contributed by atoms with E-state index in [4.69, 9.17) is 19.1 Å². The summed E-state index contributed by atoms with van der Waals surface area (Å²) in [6.07, 6.45) is -2.64. The SMILES string of the molecule is C.COc1nc(C2=NC(c3ccc(C(F)(F)F)c(F)c3)CON2)ccc1-n1cnc(C)c1.COc1nc(C2=NC(c3ccc(C(F)(F)F)c(F)c3)CON2)ccc1Br.Cc1cnc[nH]1. The zero-order valence-electron chi connectivity index (χ0n) is 33.3. The van der Waals surface area contributed by atoms with Gasteiger partial charge in [-0.15, -0.1) is 0 Å². The molecule has 8 rings (SSSR count). The van der Waals surface area contributed by atoms with Gasteiger partial charge in [0.1, 0.15) is 54.0 Å². The highest BCUT2D eigenvalue weighted by Gasteiger charge is 2.36. The summed E-state index contributed by atoms with van der Waals surface area (Å²) in [5, 5.41) is 0. The number of pyridine rings is 2. The number of nitrogens with zero attached hydrogens (tertiary/aromatic N) is 7. The molecule has 0 radical (unpaired) electrons. The van der Waals surface area contributed by atoms with Crippen LogP contribution in [0.25, 0.3) is 5.69 Å². The van der Waals surface area contributed by atoms with E-state index in [1.165, 1.54) is 26.4 Å². The zero-order valence-corrected chi connectivity index (χ0v) is 34.9. The summed E-state index contributed by atoms with van der Waals surface area (Å²) >= 11 is 3.28. The van der Waals surface area contributed by atoms with Gasteiger partial charge in [0.05, 0.1) is 48.2 Å². The van der Waals surface area contributed by atoms with Gasteiger partial charge in [0, 0.05) is 18.1 Å². The van der Waals surface area contributed by atoms with Gasteiger partial charge < -0.3 is 19.0 Å². The molecule has 0 bridgehead atoms. The number of benzene rings is 2. The Labute approximate surface area is 368 Å². The van der Waals surface area contributed by atoms with Gasteiger partial charge in [-0.25, -0.2) is 39.7 Å². The first-order valence-corrected chi connectivity index (χ1v) is 19.1. The van der Waals surface area contributed by atoms with Crippen molar-refractivity contribution in [3.63, 3.8) is 0 Å². The molecule has 340 valence electrons. The topological polar surface area (TPSA) is 158 Å². The Morgan fingerprint density at radius 1 is 0.734 bits per heavy atom. The number of amidine groups is 2. The van der Waals surface area contributed by atoms with Gasteiger partial charge in [0.25, 0.3) is 0 Å². The maximum atomic E-state index is 14.0. The molecule has 14 nitrogen and oxygen atoms in total. The number of aliphatic imine (C=N–C) groups is 2. The molecule has 2 atom stereocenters. The van der Waals surface area contributed by atoms with Crippen LogP contribution in [0.5, 0.6) is 11.8 Å². The van der Waals surface area contributed by atoms with E-state index in [2.05, 4.69) is 61.8 Å². The first-order valence-electron chi connectivity index (χ1n) is 18.3. The van der Waals surface area contributed by atoms with E-state index < -0.39 is 47.2 Å². The fourth-order valence-corrected chi connectivity index (χ4v) is 6.20. The fraction of sp³-hybridized carbons (Fsp3) is 0.268. The molecule has 6 aromatic rings. The number of imidazole rings is 2. The van der Waals surface area contributed by atoms with E-state index in [9.17, 15) is 35.1 Å². The third kappa shape index (κ3) is 12.0. The minimum absolute atomic E-state index is 0. The Hall–Kier alpha value is -6.46. The highest BCUT2D eigenvalue weighted by molar-refractivity contribution is 9.10. The number of rotatable bonds is 7. The molecule has 2 aromatic carbocycles. The number of methoxy groups -OCH3 is 2. The van der Waals surface area contributed by atoms with Gasteiger partial charge in [0.15, 0.2) is 11.7 Å². The van der Waals surface area contributed by atoms with Gasteiger partial charge in [-0.05, 0) is 89.4 Å². The van der Waals surface area contributed by atoms with E-state index in [0.717, 1.165) is 23.5 Å². The number of nitrogens with one attached hydrogen (secondary N) is 3. The molecule has 2 aliphatic heterocycles. The summed E-state index contributed by atoms with van der Waals surface area (Å²) in [5.74, 6) is -1.58. The molecular weight excluding hydrogens is 928 g/mol. The Balaban J connectivity index is 0.000000212. The van der Waals surface area contributed by atoms with Crippen LogP contribution >= 0.6 is 15.9 Å². The van der Waals surface area contributed by atoms with Crippen molar-refractivity contribution in [3.05, 3.63) is 147 Å². The predicted octanol–water partition coefficient (Wildman–Crippen LogP) is 9.15. The Kier molecular flexibility index (Phi) is 15.8. The van der Waals surface area contributed by atoms with Crippen molar-refractivity contribution in [2.75, 3.05) is 27.4 Å². The van der Waals surface area contributed by atoms with E-state index in [-0.39, 0.29) is 43.4 Å². The molecule has 0 spiro atoms. The minimum Gasteiger partial charge on any atom is -0.480 e. The summed E-state index contributed by atoms with van der Waals surface area (Å²) in [5.41, 5.74) is 6.48. The quantitative estimate of drug-likeness (QED) is 0.132. The average molecular weight is 968 g/mol. The Morgan fingerprint density at radius 2 is 1.25 bits per heavy atom. The number of H-pyrrole nitrogens is 1. The maximum Gasteiger partial charge on any atom is 0.419 e. The van der Waals surface area contributed by atoms with E-state index in [0.29, 0.717) is 45.4 Å². The smallest absolute Gasteiger partial charge is 0.419 e. The molecule has 64 heavy (non-hydrogen) atoms. The first-order chi connectivity index (χ1) is 29.9. The highest BCUT2D eigenvalue weighted by atomic mass is 79.9. The van der Waals surface area contributed by atoms with Crippen LogP contribution in [0.1, 0.15) is 64.5 Å². The van der Waals surface area contributed by atoms with Crippen molar-refractivity contribution in [1.29, 1.82) is 0 Å². The van der Waals surface area contributed by atoms with Gasteiger partial charge in [-0.2, -0.15) is 26.3 Å². The minimum atomic E-state index is -4.77. The van der Waals surface area contributed by atoms with Crippen LogP contribution < -0.4 is 20.4 Å². The lowest BCUT2D eigenvalue weighted by Gasteiger charge is -2.22. The van der Waals surface area contributed by atoms with Crippen molar-refractivity contribution in [2.24, 2.45) is 9.98 Å². The molecule has 0 aliphatic carbocycles. The van der Waals surface area contributed by atoms with Crippen molar-refractivity contribution in [1.82, 2.24) is 40.4 Å². The lowest BCUT2D eigenvalue weighted by atomic mass is 10.0. The number of hydroxylamine groups is 2.